The van der Waals surface area contributed by atoms with Gasteiger partial charge in [0.05, 0.1) is 0 Å². The van der Waals surface area contributed by atoms with Crippen molar-refractivity contribution >= 4 is 39.1 Å². The van der Waals surface area contributed by atoms with Crippen LogP contribution >= 0.6 is 23.1 Å². The van der Waals surface area contributed by atoms with Crippen LogP contribution in [0.15, 0.2) is 35.3 Å². The van der Waals surface area contributed by atoms with E-state index in [2.05, 4.69) is 40.1 Å². The summed E-state index contributed by atoms with van der Waals surface area (Å²) in [6.45, 7) is 1.34. The average Bonchev–Trinajstić information content (AvgIpc) is 2.98. The molecule has 0 spiro atoms. The quantitative estimate of drug-likeness (QED) is 0.413. The molecule has 0 bridgehead atoms. The SMILES string of the molecule is CN=C(NCCCSC)NCC(O)c1cc2ccccc2s1. The number of thiophene rings is 1. The van der Waals surface area contributed by atoms with Gasteiger partial charge in [-0.1, -0.05) is 18.2 Å². The summed E-state index contributed by atoms with van der Waals surface area (Å²) >= 11 is 3.48. The summed E-state index contributed by atoms with van der Waals surface area (Å²) in [5, 5.41) is 18.0. The molecule has 0 aliphatic heterocycles. The number of hydrogen-bond donors (Lipinski definition) is 3. The molecule has 0 aliphatic carbocycles. The average molecular weight is 338 g/mol. The van der Waals surface area contributed by atoms with E-state index in [0.717, 1.165) is 29.6 Å². The van der Waals surface area contributed by atoms with Gasteiger partial charge in [-0.25, -0.2) is 0 Å². The van der Waals surface area contributed by atoms with E-state index >= 15 is 0 Å². The molecule has 120 valence electrons. The fourth-order valence-corrected chi connectivity index (χ4v) is 3.59. The smallest absolute Gasteiger partial charge is 0.191 e. The minimum Gasteiger partial charge on any atom is -0.386 e. The molecule has 0 radical (unpaired) electrons. The van der Waals surface area contributed by atoms with Gasteiger partial charge >= 0.3 is 0 Å². The molecule has 2 aromatic rings. The van der Waals surface area contributed by atoms with E-state index in [0.29, 0.717) is 6.54 Å². The van der Waals surface area contributed by atoms with Crippen molar-refractivity contribution in [1.82, 2.24) is 10.6 Å². The van der Waals surface area contributed by atoms with Crippen LogP contribution in [0.2, 0.25) is 0 Å². The molecular weight excluding hydrogens is 314 g/mol. The highest BCUT2D eigenvalue weighted by Gasteiger charge is 2.11. The van der Waals surface area contributed by atoms with Crippen LogP contribution in [0.1, 0.15) is 17.4 Å². The summed E-state index contributed by atoms with van der Waals surface area (Å²) < 4.78 is 1.20. The molecule has 0 saturated carbocycles. The molecule has 6 heteroatoms. The number of aliphatic hydroxyl groups excluding tert-OH is 1. The zero-order valence-corrected chi connectivity index (χ0v) is 14.6. The van der Waals surface area contributed by atoms with E-state index < -0.39 is 6.10 Å². The third-order valence-corrected chi connectivity index (χ3v) is 5.19. The number of hydrogen-bond acceptors (Lipinski definition) is 4. The van der Waals surface area contributed by atoms with Crippen molar-refractivity contribution in [2.24, 2.45) is 4.99 Å². The van der Waals surface area contributed by atoms with Crippen molar-refractivity contribution in [3.63, 3.8) is 0 Å². The van der Waals surface area contributed by atoms with Gasteiger partial charge in [0.2, 0.25) is 0 Å². The molecular formula is C16H23N3OS2. The normalized spacial score (nSPS) is 13.3. The Balaban J connectivity index is 1.84. The van der Waals surface area contributed by atoms with Gasteiger partial charge in [-0.15, -0.1) is 11.3 Å². The second-order valence-corrected chi connectivity index (χ2v) is 7.03. The molecule has 1 aromatic heterocycles. The first-order valence-corrected chi connectivity index (χ1v) is 9.55. The Morgan fingerprint density at radius 2 is 2.18 bits per heavy atom. The molecule has 1 atom stereocenters. The van der Waals surface area contributed by atoms with E-state index in [9.17, 15) is 5.11 Å². The zero-order chi connectivity index (χ0) is 15.8. The largest absolute Gasteiger partial charge is 0.386 e. The highest BCUT2D eigenvalue weighted by Crippen LogP contribution is 2.29. The molecule has 0 fully saturated rings. The van der Waals surface area contributed by atoms with Crippen LogP contribution in [-0.2, 0) is 0 Å². The first-order valence-electron chi connectivity index (χ1n) is 7.34. The minimum atomic E-state index is -0.526. The maximum absolute atomic E-state index is 10.3. The summed E-state index contributed by atoms with van der Waals surface area (Å²) in [6.07, 6.45) is 2.68. The van der Waals surface area contributed by atoms with Crippen molar-refractivity contribution < 1.29 is 5.11 Å². The van der Waals surface area contributed by atoms with Crippen LogP contribution in [0.4, 0.5) is 0 Å². The molecule has 0 aliphatic rings. The lowest BCUT2D eigenvalue weighted by molar-refractivity contribution is 0.184. The number of guanidine groups is 1. The van der Waals surface area contributed by atoms with Crippen molar-refractivity contribution in [2.75, 3.05) is 32.1 Å². The maximum Gasteiger partial charge on any atom is 0.191 e. The van der Waals surface area contributed by atoms with Crippen LogP contribution in [0.3, 0.4) is 0 Å². The molecule has 1 heterocycles. The second kappa shape index (κ2) is 9.02. The van der Waals surface area contributed by atoms with Gasteiger partial charge in [0.1, 0.15) is 6.10 Å². The first-order chi connectivity index (χ1) is 10.7. The van der Waals surface area contributed by atoms with Crippen molar-refractivity contribution in [3.8, 4) is 0 Å². The van der Waals surface area contributed by atoms with Gasteiger partial charge in [0, 0.05) is 29.7 Å². The van der Waals surface area contributed by atoms with Crippen LogP contribution in [-0.4, -0.2) is 43.2 Å². The van der Waals surface area contributed by atoms with Crippen LogP contribution in [0.25, 0.3) is 10.1 Å². The van der Waals surface area contributed by atoms with Crippen LogP contribution in [0, 0.1) is 0 Å². The molecule has 4 nitrogen and oxygen atoms in total. The number of benzene rings is 1. The Hall–Kier alpha value is -1.24. The first kappa shape index (κ1) is 17.1. The number of rotatable bonds is 7. The predicted molar refractivity (Wildman–Crippen MR) is 99.1 cm³/mol. The van der Waals surface area contributed by atoms with Gasteiger partial charge in [0.15, 0.2) is 5.96 Å². The predicted octanol–water partition coefficient (Wildman–Crippen LogP) is 2.85. The Kier molecular flexibility index (Phi) is 7.02. The summed E-state index contributed by atoms with van der Waals surface area (Å²) in [7, 11) is 1.75. The number of aliphatic imine (C=N–C) groups is 1. The van der Waals surface area contributed by atoms with Gasteiger partial charge in [0.25, 0.3) is 0 Å². The van der Waals surface area contributed by atoms with E-state index in [-0.39, 0.29) is 0 Å². The molecule has 2 rings (SSSR count). The highest BCUT2D eigenvalue weighted by molar-refractivity contribution is 7.98. The molecule has 0 saturated heterocycles. The third-order valence-electron chi connectivity index (χ3n) is 3.28. The second-order valence-electron chi connectivity index (χ2n) is 4.93. The number of fused-ring (bicyclic) bond motifs is 1. The molecule has 1 aromatic carbocycles. The summed E-state index contributed by atoms with van der Waals surface area (Å²) in [5.74, 6) is 1.87. The van der Waals surface area contributed by atoms with Gasteiger partial charge in [-0.05, 0) is 35.9 Å². The highest BCUT2D eigenvalue weighted by atomic mass is 32.2. The molecule has 3 N–H and O–H groups in total. The zero-order valence-electron chi connectivity index (χ0n) is 13.0. The Bertz CT molecular complexity index is 579. The lowest BCUT2D eigenvalue weighted by atomic mass is 10.2. The van der Waals surface area contributed by atoms with Crippen LogP contribution < -0.4 is 10.6 Å². The summed E-state index contributed by atoms with van der Waals surface area (Å²) in [4.78, 5) is 5.15. The van der Waals surface area contributed by atoms with Crippen molar-refractivity contribution in [2.45, 2.75) is 12.5 Å². The van der Waals surface area contributed by atoms with E-state index in [1.54, 1.807) is 18.4 Å². The number of aliphatic hydroxyl groups is 1. The van der Waals surface area contributed by atoms with Crippen LogP contribution in [0.5, 0.6) is 0 Å². The van der Waals surface area contributed by atoms with Gasteiger partial charge in [-0.2, -0.15) is 11.8 Å². The fourth-order valence-electron chi connectivity index (χ4n) is 2.10. The van der Waals surface area contributed by atoms with E-state index in [1.165, 1.54) is 10.1 Å². The summed E-state index contributed by atoms with van der Waals surface area (Å²) in [6, 6.07) is 10.2. The van der Waals surface area contributed by atoms with Gasteiger partial charge < -0.3 is 15.7 Å². The maximum atomic E-state index is 10.3. The summed E-state index contributed by atoms with van der Waals surface area (Å²) in [5.41, 5.74) is 0. The van der Waals surface area contributed by atoms with Crippen molar-refractivity contribution in [1.29, 1.82) is 0 Å². The molecule has 1 unspecified atom stereocenters. The van der Waals surface area contributed by atoms with E-state index in [1.807, 2.05) is 23.9 Å². The number of nitrogens with zero attached hydrogens (tertiary/aromatic N) is 1. The van der Waals surface area contributed by atoms with Crippen molar-refractivity contribution in [3.05, 3.63) is 35.2 Å². The Labute approximate surface area is 140 Å². The third kappa shape index (κ3) is 4.90. The molecule has 0 amide bonds. The Morgan fingerprint density at radius 3 is 2.91 bits per heavy atom. The fraction of sp³-hybridized carbons (Fsp3) is 0.438. The van der Waals surface area contributed by atoms with E-state index in [4.69, 9.17) is 0 Å². The van der Waals surface area contributed by atoms with Gasteiger partial charge in [-0.3, -0.25) is 4.99 Å². The Morgan fingerprint density at radius 1 is 1.36 bits per heavy atom. The monoisotopic (exact) mass is 337 g/mol. The molecule has 22 heavy (non-hydrogen) atoms. The number of thioether (sulfide) groups is 1. The number of nitrogens with one attached hydrogen (secondary N) is 2. The standard InChI is InChI=1S/C16H23N3OS2/c1-17-16(18-8-5-9-21-2)19-11-13(20)15-10-12-6-3-4-7-14(12)22-15/h3-4,6-7,10,13,20H,5,8-9,11H2,1-2H3,(H2,17,18,19). The lowest BCUT2D eigenvalue weighted by Crippen LogP contribution is -2.39. The minimum absolute atomic E-state index is 0.453. The topological polar surface area (TPSA) is 56.7 Å². The lowest BCUT2D eigenvalue weighted by Gasteiger charge is -2.14.